The highest BCUT2D eigenvalue weighted by Gasteiger charge is 2.30. The van der Waals surface area contributed by atoms with Crippen molar-refractivity contribution in [3.05, 3.63) is 69.8 Å². The molecule has 0 heterocycles. The van der Waals surface area contributed by atoms with E-state index < -0.39 is 38.3 Å². The molecule has 3 aromatic rings. The van der Waals surface area contributed by atoms with Gasteiger partial charge >= 0.3 is 0 Å². The third-order valence-electron chi connectivity index (χ3n) is 5.99. The zero-order chi connectivity index (χ0) is 28.2. The van der Waals surface area contributed by atoms with E-state index in [4.69, 9.17) is 0 Å². The van der Waals surface area contributed by atoms with E-state index in [0.29, 0.717) is 32.6 Å². The van der Waals surface area contributed by atoms with Gasteiger partial charge < -0.3 is 0 Å². The molecule has 0 radical (unpaired) electrons. The van der Waals surface area contributed by atoms with Gasteiger partial charge in [-0.05, 0) is 117 Å². The Morgan fingerprint density at radius 3 is 0.865 bits per heavy atom. The van der Waals surface area contributed by atoms with E-state index >= 15 is 0 Å². The van der Waals surface area contributed by atoms with E-state index in [1.165, 1.54) is 39.0 Å². The standard InChI is InChI=1S/C24H27O9PS3/c1-13-7-19(16(4)22(10-13)35(25,26)27)34(20-8-14(2)11-23(17(20)5)36(28,29)30)21-9-15(3)12-24(18(21)6)37(31,32)33/h7-12H,1-6H3,(H,25,26,27)(H,28,29,30)(H,31,32,33). The molecule has 13 heteroatoms. The van der Waals surface area contributed by atoms with Gasteiger partial charge in [0, 0.05) is 0 Å². The molecule has 0 saturated carbocycles. The molecule has 0 amide bonds. The van der Waals surface area contributed by atoms with Crippen molar-refractivity contribution in [2.75, 3.05) is 0 Å². The maximum Gasteiger partial charge on any atom is 0.294 e. The van der Waals surface area contributed by atoms with Crippen LogP contribution in [0.4, 0.5) is 0 Å². The van der Waals surface area contributed by atoms with E-state index in [1.807, 2.05) is 0 Å². The summed E-state index contributed by atoms with van der Waals surface area (Å²) in [5.74, 6) is 0. The third kappa shape index (κ3) is 5.96. The van der Waals surface area contributed by atoms with Gasteiger partial charge in [-0.3, -0.25) is 13.7 Å². The fourth-order valence-electron chi connectivity index (χ4n) is 4.31. The van der Waals surface area contributed by atoms with Crippen molar-refractivity contribution in [2.45, 2.75) is 56.2 Å². The zero-order valence-corrected chi connectivity index (χ0v) is 24.3. The molecule has 3 aromatic carbocycles. The van der Waals surface area contributed by atoms with Gasteiger partial charge in [-0.25, -0.2) is 0 Å². The molecule has 0 aliphatic heterocycles. The van der Waals surface area contributed by atoms with Crippen LogP contribution in [0, 0.1) is 41.5 Å². The minimum atomic E-state index is -4.64. The molecule has 0 spiro atoms. The summed E-state index contributed by atoms with van der Waals surface area (Å²) in [7, 11) is -15.8. The van der Waals surface area contributed by atoms with Crippen LogP contribution in [0.5, 0.6) is 0 Å². The molecular formula is C24H27O9PS3. The molecule has 9 nitrogen and oxygen atoms in total. The van der Waals surface area contributed by atoms with Crippen LogP contribution in [-0.4, -0.2) is 38.9 Å². The molecule has 3 rings (SSSR count). The van der Waals surface area contributed by atoms with Crippen molar-refractivity contribution in [3.8, 4) is 0 Å². The molecule has 3 N–H and O–H groups in total. The number of hydrogen-bond donors (Lipinski definition) is 3. The Morgan fingerprint density at radius 2 is 0.676 bits per heavy atom. The monoisotopic (exact) mass is 586 g/mol. The van der Waals surface area contributed by atoms with Gasteiger partial charge in [-0.2, -0.15) is 25.3 Å². The summed E-state index contributed by atoms with van der Waals surface area (Å²) < 4.78 is 103. The molecule has 0 aromatic heterocycles. The van der Waals surface area contributed by atoms with Gasteiger partial charge in [-0.1, -0.05) is 18.2 Å². The van der Waals surface area contributed by atoms with Crippen LogP contribution in [0.1, 0.15) is 33.4 Å². The Bertz CT molecular complexity index is 1550. The van der Waals surface area contributed by atoms with Crippen molar-refractivity contribution in [1.82, 2.24) is 0 Å². The second-order valence-electron chi connectivity index (χ2n) is 8.98. The first-order chi connectivity index (χ1) is 16.7. The summed E-state index contributed by atoms with van der Waals surface area (Å²) in [4.78, 5) is -1.01. The van der Waals surface area contributed by atoms with Crippen LogP contribution in [0.3, 0.4) is 0 Å². The van der Waals surface area contributed by atoms with Crippen molar-refractivity contribution >= 4 is 54.2 Å². The minimum Gasteiger partial charge on any atom is -0.282 e. The molecule has 0 aliphatic carbocycles. The lowest BCUT2D eigenvalue weighted by Crippen LogP contribution is -2.29. The zero-order valence-electron chi connectivity index (χ0n) is 20.9. The van der Waals surface area contributed by atoms with E-state index in [9.17, 15) is 38.9 Å². The second-order valence-corrected chi connectivity index (χ2v) is 15.3. The fourth-order valence-corrected chi connectivity index (χ4v) is 10.2. The predicted octanol–water partition coefficient (Wildman–Crippen LogP) is 3.04. The highest BCUT2D eigenvalue weighted by Crippen LogP contribution is 2.41. The largest absolute Gasteiger partial charge is 0.294 e. The number of benzene rings is 3. The van der Waals surface area contributed by atoms with Crippen LogP contribution < -0.4 is 15.9 Å². The first-order valence-electron chi connectivity index (χ1n) is 10.8. The van der Waals surface area contributed by atoms with Crippen molar-refractivity contribution in [1.29, 1.82) is 0 Å². The van der Waals surface area contributed by atoms with Crippen molar-refractivity contribution in [3.63, 3.8) is 0 Å². The maximum absolute atomic E-state index is 12.2. The lowest BCUT2D eigenvalue weighted by molar-refractivity contribution is 0.480. The minimum absolute atomic E-state index is 0.197. The highest BCUT2D eigenvalue weighted by atomic mass is 32.2. The average Bonchev–Trinajstić information content (AvgIpc) is 2.72. The first kappa shape index (κ1) is 29.4. The van der Waals surface area contributed by atoms with E-state index in [0.717, 1.165) is 0 Å². The summed E-state index contributed by atoms with van der Waals surface area (Å²) in [6.45, 7) is 9.38. The summed E-state index contributed by atoms with van der Waals surface area (Å²) >= 11 is 0. The SMILES string of the molecule is Cc1cc(P(c2cc(C)cc(S(=O)(=O)O)c2C)c2cc(C)cc(S(=O)(=O)O)c2C)c(C)c(S(=O)(=O)O)c1. The molecule has 0 unspecified atom stereocenters. The van der Waals surface area contributed by atoms with Crippen LogP contribution in [-0.2, 0) is 30.4 Å². The van der Waals surface area contributed by atoms with Crippen LogP contribution in [0.25, 0.3) is 0 Å². The van der Waals surface area contributed by atoms with Gasteiger partial charge in [-0.15, -0.1) is 0 Å². The first-order valence-corrected chi connectivity index (χ1v) is 16.5. The summed E-state index contributed by atoms with van der Waals surface area (Å²) in [5.41, 5.74) is 2.05. The molecular weight excluding hydrogens is 559 g/mol. The van der Waals surface area contributed by atoms with Gasteiger partial charge in [0.2, 0.25) is 0 Å². The van der Waals surface area contributed by atoms with Crippen molar-refractivity contribution < 1.29 is 38.9 Å². The summed E-state index contributed by atoms with van der Waals surface area (Å²) in [6, 6.07) is 9.00. The van der Waals surface area contributed by atoms with E-state index in [-0.39, 0.29) is 31.4 Å². The van der Waals surface area contributed by atoms with E-state index in [1.54, 1.807) is 39.0 Å². The normalized spacial score (nSPS) is 12.8. The number of aryl methyl sites for hydroxylation is 3. The van der Waals surface area contributed by atoms with Crippen LogP contribution >= 0.6 is 7.92 Å². The molecule has 0 aliphatic rings. The second kappa shape index (κ2) is 9.85. The van der Waals surface area contributed by atoms with Gasteiger partial charge in [0.1, 0.15) is 0 Å². The van der Waals surface area contributed by atoms with Crippen molar-refractivity contribution in [2.24, 2.45) is 0 Å². The maximum atomic E-state index is 12.2. The molecule has 200 valence electrons. The van der Waals surface area contributed by atoms with Gasteiger partial charge in [0.25, 0.3) is 30.4 Å². The smallest absolute Gasteiger partial charge is 0.282 e. The van der Waals surface area contributed by atoms with Gasteiger partial charge in [0.05, 0.1) is 14.7 Å². The average molecular weight is 587 g/mol. The topological polar surface area (TPSA) is 163 Å². The quantitative estimate of drug-likeness (QED) is 0.291. The fraction of sp³-hybridized carbons (Fsp3) is 0.250. The lowest BCUT2D eigenvalue weighted by atomic mass is 10.1. The Balaban J connectivity index is 2.63. The molecule has 0 saturated heterocycles. The van der Waals surface area contributed by atoms with Gasteiger partial charge in [0.15, 0.2) is 0 Å². The Kier molecular flexibility index (Phi) is 7.82. The molecule has 0 fully saturated rings. The number of hydrogen-bond acceptors (Lipinski definition) is 6. The molecule has 0 bridgehead atoms. The lowest BCUT2D eigenvalue weighted by Gasteiger charge is -2.27. The van der Waals surface area contributed by atoms with Crippen LogP contribution in [0.2, 0.25) is 0 Å². The Labute approximate surface area is 218 Å². The Morgan fingerprint density at radius 1 is 0.459 bits per heavy atom. The third-order valence-corrected chi connectivity index (χ3v) is 11.8. The Hall–Kier alpha value is -2.18. The highest BCUT2D eigenvalue weighted by molar-refractivity contribution is 7.87. The predicted molar refractivity (Wildman–Crippen MR) is 143 cm³/mol. The summed E-state index contributed by atoms with van der Waals surface area (Å²) in [6.07, 6.45) is 0. The van der Waals surface area contributed by atoms with Crippen LogP contribution in [0.15, 0.2) is 51.1 Å². The summed E-state index contributed by atoms with van der Waals surface area (Å²) in [5, 5.41) is 1.27. The number of rotatable bonds is 6. The molecule has 37 heavy (non-hydrogen) atoms. The molecule has 0 atom stereocenters. The van der Waals surface area contributed by atoms with E-state index in [2.05, 4.69) is 0 Å².